The fraction of sp³-hybridized carbons (Fsp3) is 0.269. The predicted molar refractivity (Wildman–Crippen MR) is 145 cm³/mol. The van der Waals surface area contributed by atoms with E-state index in [1.54, 1.807) is 24.4 Å². The first-order valence-corrected chi connectivity index (χ1v) is 13.3. The summed E-state index contributed by atoms with van der Waals surface area (Å²) in [5, 5.41) is 15.2. The normalized spacial score (nSPS) is 15.2. The maximum atomic E-state index is 12.0. The van der Waals surface area contributed by atoms with Crippen molar-refractivity contribution in [1.29, 1.82) is 0 Å². The number of methoxy groups -OCH3 is 1. The molecule has 222 valence electrons. The third-order valence-corrected chi connectivity index (χ3v) is 6.60. The van der Waals surface area contributed by atoms with Gasteiger partial charge >= 0.3 is 12.1 Å². The molecule has 0 saturated carbocycles. The number of alkyl halides is 3. The van der Waals surface area contributed by atoms with Crippen molar-refractivity contribution < 1.29 is 45.6 Å². The number of likely N-dealkylation sites (tertiary alicyclic amines) is 1. The van der Waals surface area contributed by atoms with E-state index in [2.05, 4.69) is 10.4 Å². The molecule has 5 N–H and O–H groups in total. The minimum atomic E-state index is -5.08. The summed E-state index contributed by atoms with van der Waals surface area (Å²) in [6.45, 7) is 1.45. The van der Waals surface area contributed by atoms with Crippen LogP contribution >= 0.6 is 0 Å². The van der Waals surface area contributed by atoms with E-state index in [1.807, 2.05) is 42.3 Å². The minimum absolute atomic E-state index is 0.0289. The van der Waals surface area contributed by atoms with E-state index in [1.165, 1.54) is 19.2 Å². The van der Waals surface area contributed by atoms with Crippen LogP contribution in [0.2, 0.25) is 0 Å². The van der Waals surface area contributed by atoms with Crippen LogP contribution in [0, 0.1) is 0 Å². The van der Waals surface area contributed by atoms with Gasteiger partial charge in [-0.25, -0.2) is 4.79 Å². The smallest absolute Gasteiger partial charge is 0.490 e. The number of ether oxygens (including phenoxy) is 1. The summed E-state index contributed by atoms with van der Waals surface area (Å²) in [5.74, 6) is 3.19. The Morgan fingerprint density at radius 2 is 1.83 bits per heavy atom. The molecule has 0 bridgehead atoms. The average Bonchev–Trinajstić information content (AvgIpc) is 3.26. The highest BCUT2D eigenvalue weighted by atomic mass is 32.2. The third-order valence-electron chi connectivity index (χ3n) is 5.75. The molecule has 41 heavy (non-hydrogen) atoms. The van der Waals surface area contributed by atoms with E-state index in [0.29, 0.717) is 17.7 Å². The van der Waals surface area contributed by atoms with Gasteiger partial charge in [-0.2, -0.15) is 26.7 Å². The molecule has 3 aromatic rings. The lowest BCUT2D eigenvalue weighted by Gasteiger charge is -2.16. The minimum Gasteiger partial charge on any atom is -0.497 e. The largest absolute Gasteiger partial charge is 0.497 e. The number of nitrogens with one attached hydrogen (secondary N) is 1. The van der Waals surface area contributed by atoms with Gasteiger partial charge in [0.1, 0.15) is 5.75 Å². The van der Waals surface area contributed by atoms with Crippen LogP contribution in [-0.2, 0) is 26.3 Å². The van der Waals surface area contributed by atoms with Crippen molar-refractivity contribution in [3.05, 3.63) is 71.8 Å². The maximum absolute atomic E-state index is 12.0. The molecule has 4 rings (SSSR count). The number of hydrogen-bond acceptors (Lipinski definition) is 8. The second-order valence-electron chi connectivity index (χ2n) is 8.57. The molecule has 0 aliphatic carbocycles. The van der Waals surface area contributed by atoms with Crippen LogP contribution in [0.4, 0.5) is 13.2 Å². The van der Waals surface area contributed by atoms with Crippen LogP contribution in [0.15, 0.2) is 70.7 Å². The third kappa shape index (κ3) is 10.0. The van der Waals surface area contributed by atoms with Crippen molar-refractivity contribution in [3.63, 3.8) is 0 Å². The molecule has 1 aliphatic rings. The Labute approximate surface area is 234 Å². The summed E-state index contributed by atoms with van der Waals surface area (Å²) in [4.78, 5) is 22.6. The molecule has 0 radical (unpaired) electrons. The highest BCUT2D eigenvalue weighted by molar-refractivity contribution is 7.85. The maximum Gasteiger partial charge on any atom is 0.490 e. The number of benzene rings is 3. The van der Waals surface area contributed by atoms with Gasteiger partial charge in [0.05, 0.1) is 24.3 Å². The van der Waals surface area contributed by atoms with Gasteiger partial charge in [0, 0.05) is 13.1 Å². The number of amides is 1. The zero-order valence-electron chi connectivity index (χ0n) is 22.0. The summed E-state index contributed by atoms with van der Waals surface area (Å²) in [6.07, 6.45) is -2.61. The highest BCUT2D eigenvalue weighted by Crippen LogP contribution is 2.23. The first-order valence-electron chi connectivity index (χ1n) is 11.8. The SMILES string of the molecule is CN[C@H]1CCN(Cc2cccc(C=NN)c2)C1=O.COc1ccc2ccc(S(=O)(=O)O)cc2c1.O=C(O)C(F)(F)F. The molecule has 0 spiro atoms. The van der Waals surface area contributed by atoms with Crippen molar-refractivity contribution in [2.24, 2.45) is 10.9 Å². The van der Waals surface area contributed by atoms with Crippen LogP contribution in [0.25, 0.3) is 10.8 Å². The molecular weight excluding hydrogens is 569 g/mol. The molecule has 11 nitrogen and oxygen atoms in total. The van der Waals surface area contributed by atoms with Crippen molar-refractivity contribution in [2.75, 3.05) is 20.7 Å². The number of hydrogen-bond donors (Lipinski definition) is 4. The van der Waals surface area contributed by atoms with Crippen LogP contribution in [0.5, 0.6) is 5.75 Å². The number of carbonyl (C=O) groups is 2. The van der Waals surface area contributed by atoms with Gasteiger partial charge in [-0.05, 0) is 65.7 Å². The fourth-order valence-electron chi connectivity index (χ4n) is 3.73. The van der Waals surface area contributed by atoms with Gasteiger partial charge in [-0.1, -0.05) is 30.3 Å². The Bertz CT molecular complexity index is 1500. The zero-order valence-corrected chi connectivity index (χ0v) is 22.8. The lowest BCUT2D eigenvalue weighted by Crippen LogP contribution is -2.35. The Kier molecular flexibility index (Phi) is 11.6. The molecule has 3 aromatic carbocycles. The Morgan fingerprint density at radius 3 is 2.37 bits per heavy atom. The van der Waals surface area contributed by atoms with Crippen LogP contribution in [0.1, 0.15) is 17.5 Å². The van der Waals surface area contributed by atoms with Crippen LogP contribution < -0.4 is 15.9 Å². The number of nitrogens with zero attached hydrogens (tertiary/aromatic N) is 2. The van der Waals surface area contributed by atoms with Crippen LogP contribution in [-0.4, -0.2) is 74.0 Å². The number of carboxylic acids is 1. The topological polar surface area (TPSA) is 172 Å². The van der Waals surface area contributed by atoms with Crippen molar-refractivity contribution in [2.45, 2.75) is 30.1 Å². The summed E-state index contributed by atoms with van der Waals surface area (Å²) >= 11 is 0. The molecular formula is C26H29F3N4O7S. The fourth-order valence-corrected chi connectivity index (χ4v) is 4.25. The molecule has 1 atom stereocenters. The molecule has 15 heteroatoms. The van der Waals surface area contributed by atoms with Gasteiger partial charge in [-0.15, -0.1) is 0 Å². The van der Waals surface area contributed by atoms with Gasteiger partial charge in [0.25, 0.3) is 10.1 Å². The number of hydrazone groups is 1. The number of rotatable bonds is 6. The average molecular weight is 599 g/mol. The number of aliphatic carboxylic acids is 1. The molecule has 1 heterocycles. The molecule has 0 aromatic heterocycles. The number of carbonyl (C=O) groups excluding carboxylic acids is 1. The summed E-state index contributed by atoms with van der Waals surface area (Å²) in [6, 6.07) is 17.6. The number of likely N-dealkylation sites (N-methyl/N-ethyl adjacent to an activating group) is 1. The second kappa shape index (κ2) is 14.4. The van der Waals surface area contributed by atoms with E-state index in [-0.39, 0.29) is 16.8 Å². The quantitative estimate of drug-likeness (QED) is 0.144. The van der Waals surface area contributed by atoms with E-state index < -0.39 is 22.3 Å². The van der Waals surface area contributed by atoms with E-state index in [9.17, 15) is 26.4 Å². The second-order valence-corrected chi connectivity index (χ2v) is 9.99. The van der Waals surface area contributed by atoms with Gasteiger partial charge in [0.15, 0.2) is 0 Å². The zero-order chi connectivity index (χ0) is 30.8. The summed E-state index contributed by atoms with van der Waals surface area (Å²) < 4.78 is 67.6. The monoisotopic (exact) mass is 598 g/mol. The summed E-state index contributed by atoms with van der Waals surface area (Å²) in [5.41, 5.74) is 2.05. The van der Waals surface area contributed by atoms with Gasteiger partial charge in [0.2, 0.25) is 5.91 Å². The highest BCUT2D eigenvalue weighted by Gasteiger charge is 2.38. The molecule has 1 aliphatic heterocycles. The van der Waals surface area contributed by atoms with Crippen molar-refractivity contribution >= 4 is 39.0 Å². The summed E-state index contributed by atoms with van der Waals surface area (Å²) in [7, 11) is -0.795. The molecule has 1 fully saturated rings. The van der Waals surface area contributed by atoms with Crippen LogP contribution in [0.3, 0.4) is 0 Å². The van der Waals surface area contributed by atoms with Crippen molar-refractivity contribution in [3.8, 4) is 5.75 Å². The molecule has 0 unspecified atom stereocenters. The van der Waals surface area contributed by atoms with E-state index in [0.717, 1.165) is 29.5 Å². The number of nitrogens with two attached hydrogens (primary N) is 1. The Balaban J connectivity index is 0.000000236. The van der Waals surface area contributed by atoms with Gasteiger partial charge < -0.3 is 25.9 Å². The standard InChI is InChI=1S/C13H18N4O.C11H10O4S.C2HF3O2/c1-15-12-5-6-17(13(12)18)9-11-4-2-3-10(7-11)8-16-14;1-15-10-4-2-8-3-5-11(16(12,13)14)7-9(8)6-10;3-2(4,5)1(6)7/h2-4,7-8,12,15H,5-6,9,14H2,1H3;2-7H,1H3,(H,12,13,14);(H,6,7)/t12-;;/m0../s1. The number of fused-ring (bicyclic) bond motifs is 1. The molecule has 1 amide bonds. The van der Waals surface area contributed by atoms with E-state index >= 15 is 0 Å². The Hall–Kier alpha value is -4.21. The van der Waals surface area contributed by atoms with E-state index in [4.69, 9.17) is 25.0 Å². The Morgan fingerprint density at radius 1 is 1.17 bits per heavy atom. The molecule has 1 saturated heterocycles. The van der Waals surface area contributed by atoms with Gasteiger partial charge in [-0.3, -0.25) is 9.35 Å². The number of carboxylic acid groups (broad SMARTS) is 1. The lowest BCUT2D eigenvalue weighted by atomic mass is 10.1. The lowest BCUT2D eigenvalue weighted by molar-refractivity contribution is -0.192. The number of halogens is 3. The first kappa shape index (κ1) is 33.0. The first-order chi connectivity index (χ1) is 19.2. The predicted octanol–water partition coefficient (Wildman–Crippen LogP) is 3.03. The van der Waals surface area contributed by atoms with Crippen molar-refractivity contribution in [1.82, 2.24) is 10.2 Å².